The molecule has 1 amide bonds. The molecule has 3 heterocycles. The van der Waals surface area contributed by atoms with Gasteiger partial charge in [0, 0.05) is 37.8 Å². The fourth-order valence-electron chi connectivity index (χ4n) is 4.30. The maximum absolute atomic E-state index is 14.7. The van der Waals surface area contributed by atoms with Crippen molar-refractivity contribution in [3.63, 3.8) is 0 Å². The summed E-state index contributed by atoms with van der Waals surface area (Å²) in [4.78, 5) is 35.2. The molecule has 0 saturated carbocycles. The van der Waals surface area contributed by atoms with Crippen LogP contribution in [0.5, 0.6) is 5.75 Å². The smallest absolute Gasteiger partial charge is 0.416 e. The summed E-state index contributed by atoms with van der Waals surface area (Å²) in [5.74, 6) is -0.679. The number of amides is 1. The monoisotopic (exact) mass is 561 g/mol. The molecule has 2 aliphatic rings. The summed E-state index contributed by atoms with van der Waals surface area (Å²) in [6.45, 7) is 2.24. The topological polar surface area (TPSA) is 87.1 Å². The van der Waals surface area contributed by atoms with Crippen LogP contribution in [0.1, 0.15) is 16.1 Å². The average Bonchev–Trinajstić information content (AvgIpc) is 3.53. The first-order valence-corrected chi connectivity index (χ1v) is 12.8. The van der Waals surface area contributed by atoms with Crippen LogP contribution in [0.3, 0.4) is 0 Å². The molecule has 0 aliphatic carbocycles. The van der Waals surface area contributed by atoms with Crippen molar-refractivity contribution in [2.45, 2.75) is 25.4 Å². The molecule has 3 aromatic rings. The van der Waals surface area contributed by atoms with Gasteiger partial charge >= 0.3 is 6.18 Å². The summed E-state index contributed by atoms with van der Waals surface area (Å²) >= 11 is 1.28. The van der Waals surface area contributed by atoms with E-state index >= 15 is 0 Å². The number of hydrogen-bond acceptors (Lipinski definition) is 8. The molecule has 0 spiro atoms. The number of rotatable bonds is 8. The lowest BCUT2D eigenvalue weighted by atomic mass is 10.1. The lowest BCUT2D eigenvalue weighted by molar-refractivity contribution is -0.137. The maximum Gasteiger partial charge on any atom is 0.416 e. The van der Waals surface area contributed by atoms with E-state index in [2.05, 4.69) is 15.2 Å². The molecule has 1 atom stereocenters. The Morgan fingerprint density at radius 1 is 1.18 bits per heavy atom. The molecule has 2 aliphatic heterocycles. The van der Waals surface area contributed by atoms with Gasteiger partial charge in [0.2, 0.25) is 0 Å². The van der Waals surface area contributed by atoms with Crippen LogP contribution in [-0.4, -0.2) is 60.6 Å². The number of carbonyl (C=O) groups excluding carboxylic acids is 2. The van der Waals surface area contributed by atoms with Crippen molar-refractivity contribution in [2.75, 3.05) is 31.1 Å². The van der Waals surface area contributed by atoms with E-state index in [1.54, 1.807) is 6.07 Å². The second kappa shape index (κ2) is 11.2. The second-order valence-corrected chi connectivity index (χ2v) is 10.1. The maximum atomic E-state index is 14.7. The zero-order valence-corrected chi connectivity index (χ0v) is 21.3. The van der Waals surface area contributed by atoms with E-state index in [0.717, 1.165) is 23.3 Å². The van der Waals surface area contributed by atoms with Crippen molar-refractivity contribution in [3.8, 4) is 16.3 Å². The number of benzene rings is 2. The van der Waals surface area contributed by atoms with E-state index in [-0.39, 0.29) is 36.5 Å². The third-order valence-corrected chi connectivity index (χ3v) is 7.43. The number of thiazole rings is 1. The zero-order valence-electron chi connectivity index (χ0n) is 20.4. The van der Waals surface area contributed by atoms with Gasteiger partial charge < -0.3 is 19.7 Å². The van der Waals surface area contributed by atoms with Crippen molar-refractivity contribution in [1.82, 2.24) is 15.2 Å². The molecular formula is C26H23F4N5O3S. The van der Waals surface area contributed by atoms with E-state index < -0.39 is 17.6 Å². The van der Waals surface area contributed by atoms with Gasteiger partial charge in [0.1, 0.15) is 30.2 Å². The van der Waals surface area contributed by atoms with Gasteiger partial charge in [-0.25, -0.2) is 14.4 Å². The number of hydrogen-bond donors (Lipinski definition) is 1. The molecule has 1 N–H and O–H groups in total. The molecule has 1 aromatic heterocycles. The predicted octanol–water partition coefficient (Wildman–Crippen LogP) is 3.89. The number of aromatic nitrogens is 1. The molecule has 8 nitrogen and oxygen atoms in total. The van der Waals surface area contributed by atoms with E-state index in [1.807, 2.05) is 0 Å². The number of aliphatic imine (C=N–C) groups is 1. The highest BCUT2D eigenvalue weighted by molar-refractivity contribution is 7.15. The van der Waals surface area contributed by atoms with Gasteiger partial charge in [-0.2, -0.15) is 13.2 Å². The number of alkyl halides is 3. The number of aldehydes is 1. The van der Waals surface area contributed by atoms with Crippen molar-refractivity contribution >= 4 is 35.6 Å². The molecule has 0 radical (unpaired) electrons. The number of ether oxygens (including phenoxy) is 1. The highest BCUT2D eigenvalue weighted by atomic mass is 32.1. The number of nitrogens with one attached hydrogen (secondary N) is 1. The zero-order chi connectivity index (χ0) is 27.6. The van der Waals surface area contributed by atoms with Crippen LogP contribution >= 0.6 is 11.3 Å². The SMILES string of the molecule is O=CC1CN(Cc2nc(-c3ccc(C(F)(F)F)cc3)sc2COc2ccc(N3C=NC(=O)C3)c(F)c2)CCN1. The lowest BCUT2D eigenvalue weighted by Gasteiger charge is -2.30. The molecule has 204 valence electrons. The predicted molar refractivity (Wildman–Crippen MR) is 137 cm³/mol. The van der Waals surface area contributed by atoms with Crippen LogP contribution in [0.4, 0.5) is 23.2 Å². The largest absolute Gasteiger partial charge is 0.488 e. The van der Waals surface area contributed by atoms with Crippen molar-refractivity contribution in [3.05, 3.63) is 64.4 Å². The quantitative estimate of drug-likeness (QED) is 0.330. The summed E-state index contributed by atoms with van der Waals surface area (Å²) in [6, 6.07) is 8.78. The molecule has 39 heavy (non-hydrogen) atoms. The van der Waals surface area contributed by atoms with E-state index in [0.29, 0.717) is 42.4 Å². The van der Waals surface area contributed by atoms with Crippen LogP contribution in [-0.2, 0) is 28.9 Å². The van der Waals surface area contributed by atoms with Crippen LogP contribution in [0, 0.1) is 5.82 Å². The summed E-state index contributed by atoms with van der Waals surface area (Å²) < 4.78 is 59.6. The Bertz CT molecular complexity index is 1390. The van der Waals surface area contributed by atoms with Crippen molar-refractivity contribution in [2.24, 2.45) is 4.99 Å². The summed E-state index contributed by atoms with van der Waals surface area (Å²) in [6.07, 6.45) is -2.31. The highest BCUT2D eigenvalue weighted by Crippen LogP contribution is 2.34. The second-order valence-electron chi connectivity index (χ2n) is 9.06. The Morgan fingerprint density at radius 2 is 1.97 bits per heavy atom. The van der Waals surface area contributed by atoms with Gasteiger partial charge in [-0.1, -0.05) is 12.1 Å². The highest BCUT2D eigenvalue weighted by Gasteiger charge is 2.30. The third-order valence-electron chi connectivity index (χ3n) is 6.31. The normalized spacial score (nSPS) is 18.1. The average molecular weight is 562 g/mol. The Labute approximate surface area is 224 Å². The van der Waals surface area contributed by atoms with Gasteiger partial charge in [-0.3, -0.25) is 9.69 Å². The van der Waals surface area contributed by atoms with Crippen LogP contribution in [0.25, 0.3) is 10.6 Å². The van der Waals surface area contributed by atoms with Crippen LogP contribution < -0.4 is 15.0 Å². The van der Waals surface area contributed by atoms with Gasteiger partial charge in [-0.05, 0) is 24.3 Å². The Hall–Kier alpha value is -3.68. The molecule has 5 rings (SSSR count). The first-order valence-electron chi connectivity index (χ1n) is 12.0. The summed E-state index contributed by atoms with van der Waals surface area (Å²) in [7, 11) is 0. The first-order chi connectivity index (χ1) is 18.7. The van der Waals surface area contributed by atoms with E-state index in [4.69, 9.17) is 9.72 Å². The molecule has 2 aromatic carbocycles. The van der Waals surface area contributed by atoms with Gasteiger partial charge in [0.25, 0.3) is 5.91 Å². The molecule has 1 saturated heterocycles. The van der Waals surface area contributed by atoms with E-state index in [9.17, 15) is 27.2 Å². The van der Waals surface area contributed by atoms with Gasteiger partial charge in [0.15, 0.2) is 5.82 Å². The fraction of sp³-hybridized carbons (Fsp3) is 0.308. The van der Waals surface area contributed by atoms with E-state index in [1.165, 1.54) is 46.8 Å². The fourth-order valence-corrected chi connectivity index (χ4v) is 5.29. The minimum Gasteiger partial charge on any atom is -0.488 e. The third kappa shape index (κ3) is 6.32. The standard InChI is InChI=1S/C26H23F4N5O3S/c27-20-9-19(5-6-22(20)35-12-24(37)32-15-35)38-14-23-21(11-34-8-7-31-18(10-34)13-36)33-25(39-23)16-1-3-17(4-2-16)26(28,29)30/h1-6,9,13,15,18,31H,7-8,10-12,14H2. The minimum atomic E-state index is -4.44. The minimum absolute atomic E-state index is 0.0367. The van der Waals surface area contributed by atoms with Crippen molar-refractivity contribution < 1.29 is 31.9 Å². The first kappa shape index (κ1) is 26.9. The number of piperazine rings is 1. The molecule has 1 unspecified atom stereocenters. The summed E-state index contributed by atoms with van der Waals surface area (Å²) in [5.41, 5.74) is 0.653. The molecule has 13 heteroatoms. The number of anilines is 1. The van der Waals surface area contributed by atoms with Crippen molar-refractivity contribution in [1.29, 1.82) is 0 Å². The molecule has 0 bridgehead atoms. The van der Waals surface area contributed by atoms with Crippen LogP contribution in [0.15, 0.2) is 47.5 Å². The Balaban J connectivity index is 1.36. The Morgan fingerprint density at radius 3 is 2.64 bits per heavy atom. The lowest BCUT2D eigenvalue weighted by Crippen LogP contribution is -2.51. The Kier molecular flexibility index (Phi) is 7.73. The number of carbonyl (C=O) groups is 2. The van der Waals surface area contributed by atoms with Gasteiger partial charge in [-0.15, -0.1) is 11.3 Å². The number of halogens is 4. The van der Waals surface area contributed by atoms with Crippen LogP contribution in [0.2, 0.25) is 0 Å². The van der Waals surface area contributed by atoms with Gasteiger partial charge in [0.05, 0.1) is 34.2 Å². The summed E-state index contributed by atoms with van der Waals surface area (Å²) in [5, 5.41) is 3.64. The number of nitrogens with zero attached hydrogens (tertiary/aromatic N) is 4. The molecular weight excluding hydrogens is 538 g/mol. The molecule has 1 fully saturated rings.